The van der Waals surface area contributed by atoms with Crippen molar-refractivity contribution in [2.75, 3.05) is 13.2 Å². The first kappa shape index (κ1) is 25.0. The number of rotatable bonds is 11. The summed E-state index contributed by atoms with van der Waals surface area (Å²) in [6.07, 6.45) is 2.49. The van der Waals surface area contributed by atoms with Crippen molar-refractivity contribution in [1.82, 2.24) is 0 Å². The zero-order valence-electron chi connectivity index (χ0n) is 16.6. The van der Waals surface area contributed by atoms with Crippen LogP contribution < -0.4 is 0 Å². The number of nitrogens with zero attached hydrogens (tertiary/aromatic N) is 2. The second-order valence-corrected chi connectivity index (χ2v) is 7.35. The van der Waals surface area contributed by atoms with Gasteiger partial charge in [-0.15, -0.1) is 0 Å². The SMILES string of the molecule is O=C(OCCCCCCOC(=O)c1ccc(Cl)c([N+](=O)[O-])c1)c1ccc(Cl)c([N+](=O)[O-])c1. The van der Waals surface area contributed by atoms with Crippen LogP contribution in [0, 0.1) is 20.2 Å². The van der Waals surface area contributed by atoms with E-state index in [-0.39, 0.29) is 45.8 Å². The minimum atomic E-state index is -0.684. The number of carbonyl (C=O) groups excluding carboxylic acids is 2. The largest absolute Gasteiger partial charge is 0.462 e. The maximum atomic E-state index is 12.0. The summed E-state index contributed by atoms with van der Waals surface area (Å²) in [7, 11) is 0. The number of esters is 2. The molecule has 0 aliphatic carbocycles. The number of nitro benzene ring substituents is 2. The molecule has 0 aromatic heterocycles. The normalized spacial score (nSPS) is 10.4. The van der Waals surface area contributed by atoms with Crippen molar-refractivity contribution in [3.8, 4) is 0 Å². The molecule has 0 amide bonds. The van der Waals surface area contributed by atoms with Crippen LogP contribution in [0.4, 0.5) is 11.4 Å². The molecule has 32 heavy (non-hydrogen) atoms. The Morgan fingerprint density at radius 1 is 0.719 bits per heavy atom. The smallest absolute Gasteiger partial charge is 0.338 e. The molecule has 2 aromatic carbocycles. The van der Waals surface area contributed by atoms with Crippen LogP contribution in [0.1, 0.15) is 46.4 Å². The number of nitro groups is 2. The highest BCUT2D eigenvalue weighted by molar-refractivity contribution is 6.33. The molecule has 0 fully saturated rings. The molecule has 2 rings (SSSR count). The molecule has 0 aliphatic heterocycles. The zero-order valence-corrected chi connectivity index (χ0v) is 18.1. The fourth-order valence-electron chi connectivity index (χ4n) is 2.61. The molecule has 0 saturated carbocycles. The lowest BCUT2D eigenvalue weighted by molar-refractivity contribution is -0.384. The Morgan fingerprint density at radius 3 is 1.44 bits per heavy atom. The number of hydrogen-bond acceptors (Lipinski definition) is 8. The predicted molar refractivity (Wildman–Crippen MR) is 115 cm³/mol. The zero-order chi connectivity index (χ0) is 23.7. The molecule has 0 aliphatic rings. The van der Waals surface area contributed by atoms with Crippen molar-refractivity contribution in [1.29, 1.82) is 0 Å². The van der Waals surface area contributed by atoms with E-state index in [2.05, 4.69) is 0 Å². The summed E-state index contributed by atoms with van der Waals surface area (Å²) in [4.78, 5) is 44.3. The van der Waals surface area contributed by atoms with Crippen molar-refractivity contribution >= 4 is 46.5 Å². The lowest BCUT2D eigenvalue weighted by Gasteiger charge is -2.07. The Hall–Kier alpha value is -3.24. The van der Waals surface area contributed by atoms with Gasteiger partial charge in [0.1, 0.15) is 10.0 Å². The van der Waals surface area contributed by atoms with Crippen LogP contribution in [-0.4, -0.2) is 35.0 Å². The van der Waals surface area contributed by atoms with Gasteiger partial charge in [-0.25, -0.2) is 9.59 Å². The van der Waals surface area contributed by atoms with Gasteiger partial charge >= 0.3 is 11.9 Å². The van der Waals surface area contributed by atoms with Gasteiger partial charge in [-0.3, -0.25) is 20.2 Å². The minimum Gasteiger partial charge on any atom is -0.462 e. The van der Waals surface area contributed by atoms with Gasteiger partial charge in [0, 0.05) is 12.1 Å². The Balaban J connectivity index is 1.65. The summed E-state index contributed by atoms with van der Waals surface area (Å²) in [5, 5.41) is 21.6. The number of halogens is 2. The highest BCUT2D eigenvalue weighted by Gasteiger charge is 2.18. The van der Waals surface area contributed by atoms with E-state index in [0.29, 0.717) is 25.7 Å². The molecule has 0 spiro atoms. The van der Waals surface area contributed by atoms with E-state index in [1.807, 2.05) is 0 Å². The molecular weight excluding hydrogens is 467 g/mol. The molecular formula is C20H18Cl2N2O8. The molecule has 10 nitrogen and oxygen atoms in total. The van der Waals surface area contributed by atoms with Crippen molar-refractivity contribution in [2.45, 2.75) is 25.7 Å². The van der Waals surface area contributed by atoms with Crippen LogP contribution in [0.2, 0.25) is 10.0 Å². The first-order valence-corrected chi connectivity index (χ1v) is 10.2. The number of unbranched alkanes of at least 4 members (excludes halogenated alkanes) is 3. The third-order valence-corrected chi connectivity index (χ3v) is 4.90. The van der Waals surface area contributed by atoms with E-state index in [1.165, 1.54) is 24.3 Å². The lowest BCUT2D eigenvalue weighted by Crippen LogP contribution is -2.08. The Morgan fingerprint density at radius 2 is 1.09 bits per heavy atom. The molecule has 2 aromatic rings. The standard InChI is InChI=1S/C20H18Cl2N2O8/c21-15-7-5-13(11-17(15)23(27)28)19(25)31-9-3-1-2-4-10-32-20(26)14-6-8-16(22)18(12-14)24(29)30/h5-8,11-12H,1-4,9-10H2. The summed E-state index contributed by atoms with van der Waals surface area (Å²) in [5.41, 5.74) is -0.668. The van der Waals surface area contributed by atoms with Gasteiger partial charge in [-0.1, -0.05) is 23.2 Å². The van der Waals surface area contributed by atoms with Crippen molar-refractivity contribution in [3.05, 3.63) is 77.8 Å². The molecule has 0 radical (unpaired) electrons. The molecule has 0 heterocycles. The van der Waals surface area contributed by atoms with Gasteiger partial charge in [-0.05, 0) is 49.9 Å². The average molecular weight is 485 g/mol. The van der Waals surface area contributed by atoms with E-state index >= 15 is 0 Å². The lowest BCUT2D eigenvalue weighted by atomic mass is 10.2. The molecule has 170 valence electrons. The first-order chi connectivity index (χ1) is 15.2. The fourth-order valence-corrected chi connectivity index (χ4v) is 2.99. The van der Waals surface area contributed by atoms with Crippen LogP contribution >= 0.6 is 23.2 Å². The van der Waals surface area contributed by atoms with Gasteiger partial charge in [0.05, 0.1) is 34.2 Å². The van der Waals surface area contributed by atoms with Crippen molar-refractivity contribution < 1.29 is 28.9 Å². The summed E-state index contributed by atoms with van der Waals surface area (Å²) in [6, 6.07) is 7.35. The highest BCUT2D eigenvalue weighted by Crippen LogP contribution is 2.26. The molecule has 0 N–H and O–H groups in total. The minimum absolute atomic E-state index is 0.0375. The van der Waals surface area contributed by atoms with Crippen molar-refractivity contribution in [3.63, 3.8) is 0 Å². The first-order valence-electron chi connectivity index (χ1n) is 9.43. The maximum Gasteiger partial charge on any atom is 0.338 e. The highest BCUT2D eigenvalue weighted by atomic mass is 35.5. The molecule has 12 heteroatoms. The Kier molecular flexibility index (Phi) is 9.36. The van der Waals surface area contributed by atoms with Crippen LogP contribution in [0.15, 0.2) is 36.4 Å². The van der Waals surface area contributed by atoms with Crippen LogP contribution in [0.25, 0.3) is 0 Å². The van der Waals surface area contributed by atoms with Gasteiger partial charge in [0.15, 0.2) is 0 Å². The third-order valence-electron chi connectivity index (χ3n) is 4.26. The van der Waals surface area contributed by atoms with Gasteiger partial charge in [-0.2, -0.15) is 0 Å². The summed E-state index contributed by atoms with van der Waals surface area (Å²) < 4.78 is 10.2. The summed E-state index contributed by atoms with van der Waals surface area (Å²) in [6.45, 7) is 0.257. The van der Waals surface area contributed by atoms with E-state index in [4.69, 9.17) is 32.7 Å². The Labute approximate surface area is 192 Å². The van der Waals surface area contributed by atoms with Crippen molar-refractivity contribution in [2.24, 2.45) is 0 Å². The second-order valence-electron chi connectivity index (χ2n) is 6.53. The quantitative estimate of drug-likeness (QED) is 0.179. The molecule has 0 unspecified atom stereocenters. The topological polar surface area (TPSA) is 139 Å². The van der Waals surface area contributed by atoms with Gasteiger partial charge in [0.2, 0.25) is 0 Å². The predicted octanol–water partition coefficient (Wildman–Crippen LogP) is 5.38. The van der Waals surface area contributed by atoms with E-state index in [9.17, 15) is 29.8 Å². The third kappa shape index (κ3) is 7.17. The fraction of sp³-hybridized carbons (Fsp3) is 0.300. The molecule has 0 atom stereocenters. The Bertz CT molecular complexity index is 947. The van der Waals surface area contributed by atoms with E-state index in [1.54, 1.807) is 0 Å². The number of benzene rings is 2. The summed E-state index contributed by atoms with van der Waals surface area (Å²) in [5.74, 6) is -1.37. The monoisotopic (exact) mass is 484 g/mol. The second kappa shape index (κ2) is 12.0. The van der Waals surface area contributed by atoms with Gasteiger partial charge < -0.3 is 9.47 Å². The summed E-state index contributed by atoms with van der Waals surface area (Å²) >= 11 is 11.4. The average Bonchev–Trinajstić information content (AvgIpc) is 2.75. The molecule has 0 saturated heterocycles. The maximum absolute atomic E-state index is 12.0. The van der Waals surface area contributed by atoms with Crippen LogP contribution in [0.5, 0.6) is 0 Å². The number of ether oxygens (including phenoxy) is 2. The molecule has 0 bridgehead atoms. The van der Waals surface area contributed by atoms with Gasteiger partial charge in [0.25, 0.3) is 11.4 Å². The number of hydrogen-bond donors (Lipinski definition) is 0. The number of carbonyl (C=O) groups is 2. The van der Waals surface area contributed by atoms with E-state index in [0.717, 1.165) is 12.1 Å². The van der Waals surface area contributed by atoms with Crippen LogP contribution in [-0.2, 0) is 9.47 Å². The van der Waals surface area contributed by atoms with E-state index < -0.39 is 21.8 Å². The van der Waals surface area contributed by atoms with Crippen LogP contribution in [0.3, 0.4) is 0 Å².